The summed E-state index contributed by atoms with van der Waals surface area (Å²) in [4.78, 5) is 0. The molecule has 1 nitrogen and oxygen atoms in total. The topological polar surface area (TPSA) is 9.23 Å². The van der Waals surface area contributed by atoms with Crippen LogP contribution in [0.1, 0.15) is 13.3 Å². The fraction of sp³-hybridized carbons (Fsp3) is 0.231. The summed E-state index contributed by atoms with van der Waals surface area (Å²) in [7, 11) is 0. The first-order valence-electron chi connectivity index (χ1n) is 5.23. The van der Waals surface area contributed by atoms with Crippen molar-refractivity contribution >= 4 is 10.8 Å². The highest BCUT2D eigenvalue weighted by atomic mass is 19.1. The Balaban J connectivity index is 2.56. The third kappa shape index (κ3) is 1.98. The molecule has 0 atom stereocenters. The van der Waals surface area contributed by atoms with Crippen LogP contribution < -0.4 is 4.74 Å². The average Bonchev–Trinajstić information content (AvgIpc) is 2.28. The fourth-order valence-corrected chi connectivity index (χ4v) is 1.59. The zero-order valence-electron chi connectivity index (χ0n) is 8.97. The monoisotopic (exact) mass is 222 g/mol. The number of fused-ring (bicyclic) bond motifs is 1. The maximum absolute atomic E-state index is 13.4. The van der Waals surface area contributed by atoms with Gasteiger partial charge in [-0.25, -0.2) is 8.78 Å². The summed E-state index contributed by atoms with van der Waals surface area (Å²) in [5, 5.41) is 0.864. The first-order valence-corrected chi connectivity index (χ1v) is 5.23. The standard InChI is InChI=1S/C13H12F2O/c1-2-7-16-13-6-5-12(15)10-4-3-9(14)8-11(10)13/h3-6,8H,2,7H2,1H3. The first-order chi connectivity index (χ1) is 7.72. The molecule has 0 spiro atoms. The van der Waals surface area contributed by atoms with Crippen molar-refractivity contribution in [1.29, 1.82) is 0 Å². The number of hydrogen-bond acceptors (Lipinski definition) is 1. The second kappa shape index (κ2) is 4.47. The summed E-state index contributed by atoms with van der Waals surface area (Å²) >= 11 is 0. The molecule has 0 radical (unpaired) electrons. The van der Waals surface area contributed by atoms with Gasteiger partial charge >= 0.3 is 0 Å². The molecule has 0 amide bonds. The lowest BCUT2D eigenvalue weighted by Gasteiger charge is -2.09. The molecule has 0 saturated carbocycles. The molecule has 2 aromatic rings. The van der Waals surface area contributed by atoms with Crippen LogP contribution in [-0.2, 0) is 0 Å². The van der Waals surface area contributed by atoms with Crippen molar-refractivity contribution in [3.05, 3.63) is 42.0 Å². The molecule has 0 aliphatic rings. The Labute approximate surface area is 92.7 Å². The van der Waals surface area contributed by atoms with Crippen LogP contribution in [0.3, 0.4) is 0 Å². The Bertz CT molecular complexity index is 509. The highest BCUT2D eigenvalue weighted by Crippen LogP contribution is 2.28. The van der Waals surface area contributed by atoms with Crippen LogP contribution in [0.25, 0.3) is 10.8 Å². The number of ether oxygens (including phenoxy) is 1. The highest BCUT2D eigenvalue weighted by molar-refractivity contribution is 5.88. The van der Waals surface area contributed by atoms with E-state index in [4.69, 9.17) is 4.74 Å². The molecule has 16 heavy (non-hydrogen) atoms. The molecule has 0 unspecified atom stereocenters. The van der Waals surface area contributed by atoms with Crippen LogP contribution in [-0.4, -0.2) is 6.61 Å². The summed E-state index contributed by atoms with van der Waals surface area (Å²) < 4.78 is 32.0. The van der Waals surface area contributed by atoms with Crippen LogP contribution in [0, 0.1) is 11.6 Å². The van der Waals surface area contributed by atoms with Crippen molar-refractivity contribution in [1.82, 2.24) is 0 Å². The molecule has 0 aromatic heterocycles. The van der Waals surface area contributed by atoms with E-state index in [9.17, 15) is 8.78 Å². The van der Waals surface area contributed by atoms with Crippen molar-refractivity contribution in [3.8, 4) is 5.75 Å². The van der Waals surface area contributed by atoms with E-state index in [1.807, 2.05) is 6.92 Å². The van der Waals surface area contributed by atoms with Crippen molar-refractivity contribution in [2.24, 2.45) is 0 Å². The second-order valence-corrected chi connectivity index (χ2v) is 3.58. The van der Waals surface area contributed by atoms with Gasteiger partial charge in [-0.15, -0.1) is 0 Å². The molecule has 0 fully saturated rings. The molecule has 0 aliphatic heterocycles. The van der Waals surface area contributed by atoms with Crippen molar-refractivity contribution in [2.45, 2.75) is 13.3 Å². The molecule has 0 bridgehead atoms. The van der Waals surface area contributed by atoms with Gasteiger partial charge in [-0.2, -0.15) is 0 Å². The predicted octanol–water partition coefficient (Wildman–Crippen LogP) is 3.91. The maximum atomic E-state index is 13.4. The molecule has 2 rings (SSSR count). The summed E-state index contributed by atoms with van der Waals surface area (Å²) in [6.07, 6.45) is 0.855. The van der Waals surface area contributed by atoms with E-state index in [1.54, 1.807) is 0 Å². The van der Waals surface area contributed by atoms with Crippen LogP contribution in [0.5, 0.6) is 5.75 Å². The van der Waals surface area contributed by atoms with E-state index >= 15 is 0 Å². The summed E-state index contributed by atoms with van der Waals surface area (Å²) in [6.45, 7) is 2.52. The molecule has 3 heteroatoms. The quantitative estimate of drug-likeness (QED) is 0.765. The minimum atomic E-state index is -0.389. The van der Waals surface area contributed by atoms with E-state index in [0.29, 0.717) is 23.1 Å². The number of benzene rings is 2. The van der Waals surface area contributed by atoms with Gasteiger partial charge in [0.05, 0.1) is 6.61 Å². The van der Waals surface area contributed by atoms with E-state index in [-0.39, 0.29) is 11.6 Å². The Morgan fingerprint density at radius 1 is 1.06 bits per heavy atom. The number of hydrogen-bond donors (Lipinski definition) is 0. The zero-order chi connectivity index (χ0) is 11.5. The molecule has 2 aromatic carbocycles. The minimum absolute atomic E-state index is 0.362. The number of rotatable bonds is 3. The van der Waals surface area contributed by atoms with Gasteiger partial charge < -0.3 is 4.74 Å². The van der Waals surface area contributed by atoms with Crippen molar-refractivity contribution < 1.29 is 13.5 Å². The third-order valence-electron chi connectivity index (χ3n) is 2.35. The van der Waals surface area contributed by atoms with Gasteiger partial charge in [0, 0.05) is 10.8 Å². The highest BCUT2D eigenvalue weighted by Gasteiger charge is 2.07. The molecule has 0 aliphatic carbocycles. The van der Waals surface area contributed by atoms with E-state index in [1.165, 1.54) is 30.3 Å². The second-order valence-electron chi connectivity index (χ2n) is 3.58. The van der Waals surface area contributed by atoms with Gasteiger partial charge in [0.1, 0.15) is 17.4 Å². The normalized spacial score (nSPS) is 10.7. The predicted molar refractivity (Wildman–Crippen MR) is 59.7 cm³/mol. The van der Waals surface area contributed by atoms with Gasteiger partial charge in [-0.05, 0) is 36.8 Å². The minimum Gasteiger partial charge on any atom is -0.493 e. The van der Waals surface area contributed by atoms with E-state index in [0.717, 1.165) is 6.42 Å². The van der Waals surface area contributed by atoms with Gasteiger partial charge in [0.25, 0.3) is 0 Å². The smallest absolute Gasteiger partial charge is 0.131 e. The van der Waals surface area contributed by atoms with Crippen LogP contribution in [0.4, 0.5) is 8.78 Å². The van der Waals surface area contributed by atoms with Crippen LogP contribution in [0.2, 0.25) is 0 Å². The lowest BCUT2D eigenvalue weighted by atomic mass is 10.1. The fourth-order valence-electron chi connectivity index (χ4n) is 1.59. The van der Waals surface area contributed by atoms with Crippen LogP contribution in [0.15, 0.2) is 30.3 Å². The number of halogens is 2. The molecule has 0 heterocycles. The Morgan fingerprint density at radius 2 is 1.88 bits per heavy atom. The van der Waals surface area contributed by atoms with Gasteiger partial charge in [0.2, 0.25) is 0 Å². The van der Waals surface area contributed by atoms with Crippen molar-refractivity contribution in [3.63, 3.8) is 0 Å². The molecular formula is C13H12F2O. The molecular weight excluding hydrogens is 210 g/mol. The molecule has 0 N–H and O–H groups in total. The van der Waals surface area contributed by atoms with Gasteiger partial charge in [-0.1, -0.05) is 6.92 Å². The van der Waals surface area contributed by atoms with E-state index in [2.05, 4.69) is 0 Å². The lowest BCUT2D eigenvalue weighted by molar-refractivity contribution is 0.321. The Morgan fingerprint density at radius 3 is 2.62 bits per heavy atom. The third-order valence-corrected chi connectivity index (χ3v) is 2.35. The summed E-state index contributed by atoms with van der Waals surface area (Å²) in [5.74, 6) is -0.226. The Kier molecular flexibility index (Phi) is 3.04. The molecule has 0 saturated heterocycles. The van der Waals surface area contributed by atoms with Gasteiger partial charge in [0.15, 0.2) is 0 Å². The zero-order valence-corrected chi connectivity index (χ0v) is 8.97. The lowest BCUT2D eigenvalue weighted by Crippen LogP contribution is -1.96. The van der Waals surface area contributed by atoms with Crippen molar-refractivity contribution in [2.75, 3.05) is 6.61 Å². The summed E-state index contributed by atoms with van der Waals surface area (Å²) in [6, 6.07) is 6.84. The summed E-state index contributed by atoms with van der Waals surface area (Å²) in [5.41, 5.74) is 0. The van der Waals surface area contributed by atoms with E-state index < -0.39 is 0 Å². The van der Waals surface area contributed by atoms with Crippen LogP contribution >= 0.6 is 0 Å². The molecule has 84 valence electrons. The maximum Gasteiger partial charge on any atom is 0.131 e. The Hall–Kier alpha value is -1.64. The largest absolute Gasteiger partial charge is 0.493 e. The van der Waals surface area contributed by atoms with Gasteiger partial charge in [-0.3, -0.25) is 0 Å². The SMILES string of the molecule is CCCOc1ccc(F)c2ccc(F)cc12. The average molecular weight is 222 g/mol. The first kappa shape index (κ1) is 10.9.